The van der Waals surface area contributed by atoms with E-state index in [1.54, 1.807) is 11.1 Å². The number of rotatable bonds is 2. The minimum absolute atomic E-state index is 0.562. The number of hydrogen-bond acceptors (Lipinski definition) is 0. The van der Waals surface area contributed by atoms with Gasteiger partial charge in [0.15, 0.2) is 0 Å². The van der Waals surface area contributed by atoms with E-state index >= 15 is 0 Å². The Labute approximate surface area is 132 Å². The highest BCUT2D eigenvalue weighted by Gasteiger charge is 2.53. The Hall–Kier alpha value is -0.520. The lowest BCUT2D eigenvalue weighted by molar-refractivity contribution is -0.0506. The summed E-state index contributed by atoms with van der Waals surface area (Å²) in [6, 6.07) is 0. The van der Waals surface area contributed by atoms with Crippen LogP contribution >= 0.6 is 0 Å². The molecule has 4 unspecified atom stereocenters. The van der Waals surface area contributed by atoms with E-state index in [1.165, 1.54) is 44.9 Å². The van der Waals surface area contributed by atoms with Crippen LogP contribution in [-0.2, 0) is 0 Å². The van der Waals surface area contributed by atoms with Crippen molar-refractivity contribution in [3.63, 3.8) is 0 Å². The van der Waals surface area contributed by atoms with Crippen molar-refractivity contribution in [2.45, 2.75) is 79.6 Å². The monoisotopic (exact) mass is 286 g/mol. The predicted molar refractivity (Wildman–Crippen MR) is 92.2 cm³/mol. The standard InChI is InChI=1S/C21H34/c1-6-20(4)12-7-13-21(5)18-10-8-16(15(2)3)14-17(18)9-11-19(20)21/h9,14-15,18-19H,6-8,10-13H2,1-5H3. The largest absolute Gasteiger partial charge is 0.0807 e. The first-order valence-electron chi connectivity index (χ1n) is 9.31. The molecule has 3 rings (SSSR count). The lowest BCUT2D eigenvalue weighted by atomic mass is 9.46. The summed E-state index contributed by atoms with van der Waals surface area (Å²) in [6.07, 6.45) is 15.0. The third-order valence-electron chi connectivity index (χ3n) is 7.51. The van der Waals surface area contributed by atoms with Crippen LogP contribution in [0.4, 0.5) is 0 Å². The molecule has 118 valence electrons. The lowest BCUT2D eigenvalue weighted by Crippen LogP contribution is -2.49. The smallest absolute Gasteiger partial charge is 0.0105 e. The van der Waals surface area contributed by atoms with Crippen LogP contribution < -0.4 is 0 Å². The molecule has 0 bridgehead atoms. The topological polar surface area (TPSA) is 0 Å². The highest BCUT2D eigenvalue weighted by Crippen LogP contribution is 2.62. The average Bonchev–Trinajstić information content (AvgIpc) is 2.46. The summed E-state index contributed by atoms with van der Waals surface area (Å²) in [5, 5.41) is 0. The van der Waals surface area contributed by atoms with Crippen molar-refractivity contribution in [2.75, 3.05) is 0 Å². The van der Waals surface area contributed by atoms with E-state index < -0.39 is 0 Å². The predicted octanol–water partition coefficient (Wildman–Crippen LogP) is 6.53. The Balaban J connectivity index is 1.97. The van der Waals surface area contributed by atoms with Crippen molar-refractivity contribution in [2.24, 2.45) is 28.6 Å². The highest BCUT2D eigenvalue weighted by molar-refractivity contribution is 5.35. The Morgan fingerprint density at radius 1 is 1.24 bits per heavy atom. The molecule has 0 heterocycles. The van der Waals surface area contributed by atoms with Gasteiger partial charge in [0.1, 0.15) is 0 Å². The lowest BCUT2D eigenvalue weighted by Gasteiger charge is -2.58. The first-order valence-corrected chi connectivity index (χ1v) is 9.31. The molecule has 0 saturated heterocycles. The minimum Gasteiger partial charge on any atom is -0.0807 e. The normalized spacial score (nSPS) is 43.0. The zero-order valence-corrected chi connectivity index (χ0v) is 14.8. The molecule has 1 fully saturated rings. The second kappa shape index (κ2) is 5.28. The second-order valence-electron chi connectivity index (χ2n) is 8.82. The van der Waals surface area contributed by atoms with Crippen molar-refractivity contribution in [1.82, 2.24) is 0 Å². The zero-order valence-electron chi connectivity index (χ0n) is 14.8. The van der Waals surface area contributed by atoms with Crippen LogP contribution in [0, 0.1) is 28.6 Å². The first-order chi connectivity index (χ1) is 9.90. The van der Waals surface area contributed by atoms with Gasteiger partial charge in [-0.15, -0.1) is 0 Å². The van der Waals surface area contributed by atoms with Crippen molar-refractivity contribution < 1.29 is 0 Å². The Morgan fingerprint density at radius 2 is 2.00 bits per heavy atom. The molecule has 0 nitrogen and oxygen atoms in total. The fraction of sp³-hybridized carbons (Fsp3) is 0.810. The van der Waals surface area contributed by atoms with E-state index in [2.05, 4.69) is 46.8 Å². The maximum atomic E-state index is 2.64. The summed E-state index contributed by atoms with van der Waals surface area (Å²) < 4.78 is 0. The molecular weight excluding hydrogens is 252 g/mol. The molecule has 3 aliphatic rings. The molecule has 0 aliphatic heterocycles. The Morgan fingerprint density at radius 3 is 2.67 bits per heavy atom. The maximum Gasteiger partial charge on any atom is -0.0105 e. The summed E-state index contributed by atoms with van der Waals surface area (Å²) in [4.78, 5) is 0. The average molecular weight is 287 g/mol. The van der Waals surface area contributed by atoms with Crippen molar-refractivity contribution in [3.8, 4) is 0 Å². The summed E-state index contributed by atoms with van der Waals surface area (Å²) in [7, 11) is 0. The Kier molecular flexibility index (Phi) is 3.87. The number of hydrogen-bond donors (Lipinski definition) is 0. The van der Waals surface area contributed by atoms with Gasteiger partial charge in [0.2, 0.25) is 0 Å². The molecule has 0 radical (unpaired) electrons. The van der Waals surface area contributed by atoms with Crippen molar-refractivity contribution in [3.05, 3.63) is 23.3 Å². The van der Waals surface area contributed by atoms with Crippen LogP contribution in [0.1, 0.15) is 79.6 Å². The van der Waals surface area contributed by atoms with E-state index in [0.717, 1.165) is 17.8 Å². The minimum atomic E-state index is 0.562. The molecule has 0 amide bonds. The molecule has 21 heavy (non-hydrogen) atoms. The van der Waals surface area contributed by atoms with E-state index in [9.17, 15) is 0 Å². The van der Waals surface area contributed by atoms with Gasteiger partial charge in [-0.3, -0.25) is 0 Å². The highest BCUT2D eigenvalue weighted by atomic mass is 14.6. The van der Waals surface area contributed by atoms with Gasteiger partial charge in [-0.05, 0) is 66.3 Å². The Bertz CT molecular complexity index is 466. The molecule has 1 saturated carbocycles. The van der Waals surface area contributed by atoms with E-state index in [-0.39, 0.29) is 0 Å². The number of allylic oxidation sites excluding steroid dienone is 4. The molecule has 0 N–H and O–H groups in total. The van der Waals surface area contributed by atoms with Gasteiger partial charge < -0.3 is 0 Å². The van der Waals surface area contributed by atoms with Gasteiger partial charge in [0.25, 0.3) is 0 Å². The van der Waals surface area contributed by atoms with Gasteiger partial charge in [-0.2, -0.15) is 0 Å². The SMILES string of the molecule is CCC1(C)CCCC2(C)C3CCC(C(C)C)=CC3=CCC12. The summed E-state index contributed by atoms with van der Waals surface area (Å²) >= 11 is 0. The van der Waals surface area contributed by atoms with E-state index in [1.807, 2.05) is 0 Å². The maximum absolute atomic E-state index is 2.64. The molecule has 0 aromatic heterocycles. The quantitative estimate of drug-likeness (QED) is 0.541. The summed E-state index contributed by atoms with van der Waals surface area (Å²) in [5.74, 6) is 2.47. The van der Waals surface area contributed by atoms with Gasteiger partial charge in [0, 0.05) is 0 Å². The van der Waals surface area contributed by atoms with Crippen LogP contribution in [0.2, 0.25) is 0 Å². The fourth-order valence-electron chi connectivity index (χ4n) is 5.90. The third kappa shape index (κ3) is 2.34. The molecule has 0 aromatic carbocycles. The molecule has 0 heteroatoms. The van der Waals surface area contributed by atoms with Gasteiger partial charge in [-0.25, -0.2) is 0 Å². The zero-order chi connectivity index (χ0) is 15.3. The summed E-state index contributed by atoms with van der Waals surface area (Å²) in [6.45, 7) is 12.3. The van der Waals surface area contributed by atoms with Gasteiger partial charge in [-0.1, -0.05) is 65.2 Å². The van der Waals surface area contributed by atoms with Crippen molar-refractivity contribution in [1.29, 1.82) is 0 Å². The number of fused-ring (bicyclic) bond motifs is 3. The molecule has 4 atom stereocenters. The second-order valence-corrected chi connectivity index (χ2v) is 8.82. The van der Waals surface area contributed by atoms with Crippen LogP contribution in [-0.4, -0.2) is 0 Å². The molecular formula is C21H34. The van der Waals surface area contributed by atoms with Crippen molar-refractivity contribution >= 4 is 0 Å². The van der Waals surface area contributed by atoms with Crippen LogP contribution in [0.15, 0.2) is 23.3 Å². The molecule has 0 spiro atoms. The van der Waals surface area contributed by atoms with Crippen LogP contribution in [0.5, 0.6) is 0 Å². The first kappa shape index (κ1) is 15.4. The third-order valence-corrected chi connectivity index (χ3v) is 7.51. The van der Waals surface area contributed by atoms with E-state index in [0.29, 0.717) is 10.8 Å². The molecule has 0 aromatic rings. The van der Waals surface area contributed by atoms with Crippen LogP contribution in [0.3, 0.4) is 0 Å². The van der Waals surface area contributed by atoms with Crippen LogP contribution in [0.25, 0.3) is 0 Å². The van der Waals surface area contributed by atoms with E-state index in [4.69, 9.17) is 0 Å². The van der Waals surface area contributed by atoms with Gasteiger partial charge in [0.05, 0.1) is 0 Å². The fourth-order valence-corrected chi connectivity index (χ4v) is 5.90. The molecule has 3 aliphatic carbocycles. The summed E-state index contributed by atoms with van der Waals surface area (Å²) in [5.41, 5.74) is 4.53. The van der Waals surface area contributed by atoms with Gasteiger partial charge >= 0.3 is 0 Å².